The van der Waals surface area contributed by atoms with E-state index in [0.717, 1.165) is 36.6 Å². The van der Waals surface area contributed by atoms with Crippen molar-refractivity contribution in [2.45, 2.75) is 25.7 Å². The molecule has 0 saturated heterocycles. The number of nitrogens with one attached hydrogen (secondary N) is 1. The van der Waals surface area contributed by atoms with Gasteiger partial charge in [0.05, 0.1) is 11.4 Å². The summed E-state index contributed by atoms with van der Waals surface area (Å²) in [5, 5.41) is 6.92. The van der Waals surface area contributed by atoms with E-state index in [9.17, 15) is 18.4 Å². The molecule has 0 bridgehead atoms. The molecule has 0 atom stereocenters. The number of aromatic nitrogens is 2. The highest BCUT2D eigenvalue weighted by Crippen LogP contribution is 2.27. The van der Waals surface area contributed by atoms with Crippen molar-refractivity contribution in [3.05, 3.63) is 76.1 Å². The summed E-state index contributed by atoms with van der Waals surface area (Å²) in [7, 11) is 0. The highest BCUT2D eigenvalue weighted by atomic mass is 35.5. The number of hydrogen-bond acceptors (Lipinski definition) is 4. The maximum Gasteiger partial charge on any atom is 0.359 e. The van der Waals surface area contributed by atoms with Crippen LogP contribution in [0.4, 0.5) is 14.5 Å². The van der Waals surface area contributed by atoms with Crippen molar-refractivity contribution in [2.24, 2.45) is 0 Å². The lowest BCUT2D eigenvalue weighted by Crippen LogP contribution is -2.22. The molecule has 0 radical (unpaired) electrons. The van der Waals surface area contributed by atoms with Crippen LogP contribution in [0.1, 0.15) is 34.6 Å². The molecule has 3 aromatic rings. The minimum absolute atomic E-state index is 0.0663. The van der Waals surface area contributed by atoms with Gasteiger partial charge in [-0.2, -0.15) is 5.10 Å². The molecule has 0 saturated carbocycles. The van der Waals surface area contributed by atoms with Gasteiger partial charge in [0.15, 0.2) is 12.3 Å². The van der Waals surface area contributed by atoms with Crippen molar-refractivity contribution >= 4 is 29.2 Å². The van der Waals surface area contributed by atoms with Crippen LogP contribution in [-0.4, -0.2) is 28.3 Å². The van der Waals surface area contributed by atoms with Crippen molar-refractivity contribution in [3.63, 3.8) is 0 Å². The molecule has 1 heterocycles. The topological polar surface area (TPSA) is 73.2 Å². The Morgan fingerprint density at radius 3 is 2.58 bits per heavy atom. The molecule has 1 aliphatic rings. The molecule has 160 valence electrons. The van der Waals surface area contributed by atoms with Crippen molar-refractivity contribution in [2.75, 3.05) is 11.9 Å². The summed E-state index contributed by atoms with van der Waals surface area (Å²) in [6, 6.07) is 9.63. The van der Waals surface area contributed by atoms with Crippen LogP contribution >= 0.6 is 11.6 Å². The maximum atomic E-state index is 13.8. The Hall–Kier alpha value is -3.26. The zero-order valence-corrected chi connectivity index (χ0v) is 17.1. The van der Waals surface area contributed by atoms with Crippen LogP contribution in [0.25, 0.3) is 5.69 Å². The predicted molar refractivity (Wildman–Crippen MR) is 110 cm³/mol. The van der Waals surface area contributed by atoms with Gasteiger partial charge >= 0.3 is 5.97 Å². The van der Waals surface area contributed by atoms with Gasteiger partial charge in [0.2, 0.25) is 0 Å². The van der Waals surface area contributed by atoms with Crippen LogP contribution in [0.5, 0.6) is 0 Å². The molecular formula is C22H18ClF2N3O3. The van der Waals surface area contributed by atoms with Crippen LogP contribution in [-0.2, 0) is 22.4 Å². The molecule has 1 aromatic heterocycles. The van der Waals surface area contributed by atoms with Crippen LogP contribution in [0.2, 0.25) is 5.02 Å². The van der Waals surface area contributed by atoms with Crippen molar-refractivity contribution in [1.29, 1.82) is 0 Å². The highest BCUT2D eigenvalue weighted by molar-refractivity contribution is 6.30. The second-order valence-corrected chi connectivity index (χ2v) is 7.55. The number of ether oxygens (including phenoxy) is 1. The lowest BCUT2D eigenvalue weighted by Gasteiger charge is -2.14. The van der Waals surface area contributed by atoms with Gasteiger partial charge in [-0.1, -0.05) is 11.6 Å². The fraction of sp³-hybridized carbons (Fsp3) is 0.227. The smallest absolute Gasteiger partial charge is 0.359 e. The van der Waals surface area contributed by atoms with Crippen molar-refractivity contribution < 1.29 is 23.1 Å². The number of halogens is 3. The summed E-state index contributed by atoms with van der Waals surface area (Å²) in [4.78, 5) is 24.7. The van der Waals surface area contributed by atoms with Crippen molar-refractivity contribution in [1.82, 2.24) is 9.78 Å². The molecule has 31 heavy (non-hydrogen) atoms. The second-order valence-electron chi connectivity index (χ2n) is 7.12. The third kappa shape index (κ3) is 4.59. The zero-order chi connectivity index (χ0) is 22.0. The van der Waals surface area contributed by atoms with Crippen LogP contribution in [0.3, 0.4) is 0 Å². The van der Waals surface area contributed by atoms with Crippen LogP contribution < -0.4 is 5.32 Å². The summed E-state index contributed by atoms with van der Waals surface area (Å²) < 4.78 is 33.8. The number of fused-ring (bicyclic) bond motifs is 1. The summed E-state index contributed by atoms with van der Waals surface area (Å²) >= 11 is 5.69. The van der Waals surface area contributed by atoms with Gasteiger partial charge in [-0.3, -0.25) is 4.79 Å². The van der Waals surface area contributed by atoms with E-state index in [4.69, 9.17) is 16.3 Å². The fourth-order valence-corrected chi connectivity index (χ4v) is 3.69. The first kappa shape index (κ1) is 21.0. The average molecular weight is 446 g/mol. The molecule has 2 aromatic carbocycles. The van der Waals surface area contributed by atoms with E-state index >= 15 is 0 Å². The summed E-state index contributed by atoms with van der Waals surface area (Å²) in [5.41, 5.74) is 2.34. The Morgan fingerprint density at radius 2 is 1.84 bits per heavy atom. The zero-order valence-electron chi connectivity index (χ0n) is 16.3. The third-order valence-corrected chi connectivity index (χ3v) is 5.22. The van der Waals surface area contributed by atoms with E-state index in [0.29, 0.717) is 12.1 Å². The summed E-state index contributed by atoms with van der Waals surface area (Å²) in [5.74, 6) is -2.50. The van der Waals surface area contributed by atoms with Crippen LogP contribution in [0, 0.1) is 11.6 Å². The average Bonchev–Trinajstić information content (AvgIpc) is 3.14. The minimum Gasteiger partial charge on any atom is -0.451 e. The molecule has 0 aliphatic heterocycles. The molecule has 0 spiro atoms. The Balaban J connectivity index is 1.49. The first-order valence-corrected chi connectivity index (χ1v) is 10.1. The number of benzene rings is 2. The van der Waals surface area contributed by atoms with Gasteiger partial charge in [-0.05, 0) is 68.1 Å². The second kappa shape index (κ2) is 8.85. The summed E-state index contributed by atoms with van der Waals surface area (Å²) in [6.07, 6.45) is 3.23. The van der Waals surface area contributed by atoms with Gasteiger partial charge in [-0.25, -0.2) is 18.3 Å². The fourth-order valence-electron chi connectivity index (χ4n) is 3.54. The Labute approximate surface area is 181 Å². The quantitative estimate of drug-likeness (QED) is 0.588. The van der Waals surface area contributed by atoms with E-state index in [1.54, 1.807) is 16.8 Å². The molecule has 1 aliphatic carbocycles. The maximum absolute atomic E-state index is 13.8. The van der Waals surface area contributed by atoms with E-state index < -0.39 is 24.3 Å². The van der Waals surface area contributed by atoms with Gasteiger partial charge in [0.1, 0.15) is 11.6 Å². The number of hydrogen-bond donors (Lipinski definition) is 1. The molecule has 0 fully saturated rings. The van der Waals surface area contributed by atoms with E-state index in [2.05, 4.69) is 10.4 Å². The largest absolute Gasteiger partial charge is 0.451 e. The number of carbonyl (C=O) groups excluding carboxylic acids is 2. The lowest BCUT2D eigenvalue weighted by atomic mass is 9.95. The standard InChI is InChI=1S/C22H18ClF2N3O3/c23-13-5-10-18(17(25)11-13)26-20(29)12-31-22(30)21-16-3-1-2-4-19(16)28(27-21)15-8-6-14(24)7-9-15/h5-11H,1-4,12H2,(H,26,29). The van der Waals surface area contributed by atoms with E-state index in [1.165, 1.54) is 24.3 Å². The Kier molecular flexibility index (Phi) is 5.99. The van der Waals surface area contributed by atoms with E-state index in [1.807, 2.05) is 0 Å². The number of esters is 1. The van der Waals surface area contributed by atoms with Crippen LogP contribution in [0.15, 0.2) is 42.5 Å². The highest BCUT2D eigenvalue weighted by Gasteiger charge is 2.27. The first-order chi connectivity index (χ1) is 14.9. The van der Waals surface area contributed by atoms with Crippen molar-refractivity contribution in [3.8, 4) is 5.69 Å². The Bertz CT molecular complexity index is 1150. The SMILES string of the molecule is O=C(COC(=O)c1nn(-c2ccc(F)cc2)c2c1CCCC2)Nc1ccc(Cl)cc1F. The third-order valence-electron chi connectivity index (χ3n) is 4.98. The molecule has 1 amide bonds. The molecule has 6 nitrogen and oxygen atoms in total. The number of nitrogens with zero attached hydrogens (tertiary/aromatic N) is 2. The van der Waals surface area contributed by atoms with Gasteiger partial charge in [-0.15, -0.1) is 0 Å². The molecule has 9 heteroatoms. The van der Waals surface area contributed by atoms with Gasteiger partial charge in [0, 0.05) is 16.3 Å². The van der Waals surface area contributed by atoms with Gasteiger partial charge in [0.25, 0.3) is 5.91 Å². The Morgan fingerprint density at radius 1 is 1.10 bits per heavy atom. The molecular weight excluding hydrogens is 428 g/mol. The predicted octanol–water partition coefficient (Wildman–Crippen LogP) is 4.48. The van der Waals surface area contributed by atoms with Gasteiger partial charge < -0.3 is 10.1 Å². The lowest BCUT2D eigenvalue weighted by molar-refractivity contribution is -0.119. The number of carbonyl (C=O) groups is 2. The molecule has 1 N–H and O–H groups in total. The number of anilines is 1. The summed E-state index contributed by atoms with van der Waals surface area (Å²) in [6.45, 7) is -0.598. The normalized spacial score (nSPS) is 12.9. The van der Waals surface area contributed by atoms with E-state index in [-0.39, 0.29) is 22.2 Å². The first-order valence-electron chi connectivity index (χ1n) is 9.71. The monoisotopic (exact) mass is 445 g/mol. The number of amides is 1. The molecule has 4 rings (SSSR count). The molecule has 0 unspecified atom stereocenters. The minimum atomic E-state index is -0.745. The number of rotatable bonds is 5.